The predicted octanol–water partition coefficient (Wildman–Crippen LogP) is 6.05. The average Bonchev–Trinajstić information content (AvgIpc) is 3.21. The van der Waals surface area contributed by atoms with Gasteiger partial charge in [-0.15, -0.1) is 0 Å². The van der Waals surface area contributed by atoms with Crippen molar-refractivity contribution >= 4 is 33.5 Å². The van der Waals surface area contributed by atoms with Gasteiger partial charge in [0.25, 0.3) is 5.91 Å². The Bertz CT molecular complexity index is 1440. The highest BCUT2D eigenvalue weighted by molar-refractivity contribution is 6.09. The van der Waals surface area contributed by atoms with Crippen LogP contribution in [-0.2, 0) is 0 Å². The van der Waals surface area contributed by atoms with Gasteiger partial charge in [-0.1, -0.05) is 30.3 Å². The van der Waals surface area contributed by atoms with E-state index in [-0.39, 0.29) is 11.7 Å². The van der Waals surface area contributed by atoms with Crippen molar-refractivity contribution in [2.24, 2.45) is 0 Å². The molecule has 5 rings (SSSR count). The number of fused-ring (bicyclic) bond motifs is 2. The van der Waals surface area contributed by atoms with Crippen molar-refractivity contribution in [2.75, 3.05) is 12.4 Å². The Labute approximate surface area is 177 Å². The van der Waals surface area contributed by atoms with Crippen molar-refractivity contribution in [3.8, 4) is 17.2 Å². The van der Waals surface area contributed by atoms with E-state index >= 15 is 0 Å². The van der Waals surface area contributed by atoms with Gasteiger partial charge >= 0.3 is 0 Å². The van der Waals surface area contributed by atoms with Gasteiger partial charge in [0.15, 0.2) is 5.58 Å². The van der Waals surface area contributed by atoms with Crippen LogP contribution in [0, 0.1) is 5.82 Å². The van der Waals surface area contributed by atoms with Crippen LogP contribution in [0.25, 0.3) is 33.3 Å². The minimum atomic E-state index is -0.364. The van der Waals surface area contributed by atoms with E-state index in [1.54, 1.807) is 36.4 Å². The number of rotatable bonds is 4. The number of nitrogens with one attached hydrogen (secondary N) is 1. The molecular formula is C25H17FN2O3. The maximum atomic E-state index is 13.5. The van der Waals surface area contributed by atoms with Gasteiger partial charge in [-0.3, -0.25) is 4.79 Å². The largest absolute Gasteiger partial charge is 0.496 e. The fourth-order valence-electron chi connectivity index (χ4n) is 3.51. The molecule has 0 radical (unpaired) electrons. The average molecular weight is 412 g/mol. The number of hydrogen-bond donors (Lipinski definition) is 1. The van der Waals surface area contributed by atoms with Crippen molar-refractivity contribution in [3.05, 3.63) is 90.2 Å². The third-order valence-electron chi connectivity index (χ3n) is 5.03. The van der Waals surface area contributed by atoms with Gasteiger partial charge in [0.05, 0.1) is 12.7 Å². The third-order valence-corrected chi connectivity index (χ3v) is 5.03. The van der Waals surface area contributed by atoms with Crippen LogP contribution in [0.2, 0.25) is 0 Å². The van der Waals surface area contributed by atoms with Crippen LogP contribution < -0.4 is 10.1 Å². The molecule has 1 heterocycles. The summed E-state index contributed by atoms with van der Waals surface area (Å²) in [4.78, 5) is 17.4. The van der Waals surface area contributed by atoms with E-state index in [0.717, 1.165) is 10.8 Å². The van der Waals surface area contributed by atoms with Gasteiger partial charge in [-0.05, 0) is 59.3 Å². The van der Waals surface area contributed by atoms with E-state index in [9.17, 15) is 9.18 Å². The number of ether oxygens (including phenoxy) is 1. The van der Waals surface area contributed by atoms with Crippen LogP contribution in [0.5, 0.6) is 5.75 Å². The first-order valence-corrected chi connectivity index (χ1v) is 9.65. The molecule has 0 aliphatic rings. The lowest BCUT2D eigenvalue weighted by Crippen LogP contribution is -2.13. The molecule has 0 saturated heterocycles. The molecule has 0 bridgehead atoms. The number of anilines is 1. The Morgan fingerprint density at radius 3 is 2.55 bits per heavy atom. The molecule has 1 N–H and O–H groups in total. The Hall–Kier alpha value is -4.19. The number of nitrogens with zero attached hydrogens (tertiary/aromatic N) is 1. The molecule has 1 amide bonds. The first-order chi connectivity index (χ1) is 15.1. The van der Waals surface area contributed by atoms with Gasteiger partial charge in [0.1, 0.15) is 17.1 Å². The topological polar surface area (TPSA) is 64.4 Å². The summed E-state index contributed by atoms with van der Waals surface area (Å²) in [6.45, 7) is 0. The maximum Gasteiger partial charge on any atom is 0.259 e. The number of aromatic nitrogens is 1. The van der Waals surface area contributed by atoms with Crippen molar-refractivity contribution < 1.29 is 18.3 Å². The Balaban J connectivity index is 1.46. The second-order valence-corrected chi connectivity index (χ2v) is 7.07. The van der Waals surface area contributed by atoms with Gasteiger partial charge in [0, 0.05) is 11.3 Å². The molecule has 5 aromatic rings. The van der Waals surface area contributed by atoms with Crippen LogP contribution >= 0.6 is 0 Å². The molecule has 0 fully saturated rings. The number of carbonyl (C=O) groups is 1. The highest BCUT2D eigenvalue weighted by Gasteiger charge is 2.15. The van der Waals surface area contributed by atoms with E-state index in [0.29, 0.717) is 39.6 Å². The zero-order chi connectivity index (χ0) is 21.4. The van der Waals surface area contributed by atoms with E-state index in [1.807, 2.05) is 30.3 Å². The Morgan fingerprint density at radius 2 is 1.77 bits per heavy atom. The van der Waals surface area contributed by atoms with Crippen LogP contribution in [0.1, 0.15) is 10.4 Å². The number of methoxy groups -OCH3 is 1. The summed E-state index contributed by atoms with van der Waals surface area (Å²) in [7, 11) is 1.54. The van der Waals surface area contributed by atoms with Gasteiger partial charge in [0.2, 0.25) is 5.89 Å². The smallest absolute Gasteiger partial charge is 0.259 e. The van der Waals surface area contributed by atoms with Crippen LogP contribution in [0.3, 0.4) is 0 Å². The van der Waals surface area contributed by atoms with Gasteiger partial charge in [-0.2, -0.15) is 0 Å². The second-order valence-electron chi connectivity index (χ2n) is 7.07. The standard InChI is InChI=1S/C25H17FN2O3/c1-30-23-13-16-6-3-2-5-15(16)12-20(23)24(29)27-19-9-10-22-21(14-19)28-25(31-22)17-7-4-8-18(26)11-17/h2-14H,1H3,(H,27,29). The lowest BCUT2D eigenvalue weighted by Gasteiger charge is -2.11. The summed E-state index contributed by atoms with van der Waals surface area (Å²) in [6, 6.07) is 22.6. The fraction of sp³-hybridized carbons (Fsp3) is 0.0400. The second kappa shape index (κ2) is 7.57. The molecule has 31 heavy (non-hydrogen) atoms. The molecule has 152 valence electrons. The van der Waals surface area contributed by atoms with Crippen LogP contribution in [-0.4, -0.2) is 18.0 Å². The Kier molecular flexibility index (Phi) is 4.59. The molecule has 0 aliphatic heterocycles. The molecule has 0 saturated carbocycles. The molecule has 0 unspecified atom stereocenters. The minimum absolute atomic E-state index is 0.296. The first-order valence-electron chi connectivity index (χ1n) is 9.65. The van der Waals surface area contributed by atoms with Crippen molar-refractivity contribution in [1.82, 2.24) is 4.98 Å². The number of hydrogen-bond acceptors (Lipinski definition) is 4. The number of benzene rings is 4. The van der Waals surface area contributed by atoms with Crippen LogP contribution in [0.15, 0.2) is 83.3 Å². The summed E-state index contributed by atoms with van der Waals surface area (Å²) in [5, 5.41) is 4.82. The van der Waals surface area contributed by atoms with E-state index in [2.05, 4.69) is 10.3 Å². The third kappa shape index (κ3) is 3.59. The quantitative estimate of drug-likeness (QED) is 0.390. The number of oxazole rings is 1. The minimum Gasteiger partial charge on any atom is -0.496 e. The molecule has 0 atom stereocenters. The van der Waals surface area contributed by atoms with Crippen LogP contribution in [0.4, 0.5) is 10.1 Å². The van der Waals surface area contributed by atoms with E-state index < -0.39 is 0 Å². The van der Waals surface area contributed by atoms with Crippen molar-refractivity contribution in [2.45, 2.75) is 0 Å². The highest BCUT2D eigenvalue weighted by Crippen LogP contribution is 2.29. The lowest BCUT2D eigenvalue weighted by molar-refractivity contribution is 0.102. The lowest BCUT2D eigenvalue weighted by atomic mass is 10.1. The zero-order valence-electron chi connectivity index (χ0n) is 16.6. The molecule has 1 aromatic heterocycles. The van der Waals surface area contributed by atoms with Gasteiger partial charge < -0.3 is 14.5 Å². The molecule has 0 aliphatic carbocycles. The number of amides is 1. The summed E-state index contributed by atoms with van der Waals surface area (Å²) < 4.78 is 24.7. The van der Waals surface area contributed by atoms with E-state index in [1.165, 1.54) is 19.2 Å². The fourth-order valence-corrected chi connectivity index (χ4v) is 3.51. The summed E-state index contributed by atoms with van der Waals surface area (Å²) in [5.41, 5.74) is 2.64. The predicted molar refractivity (Wildman–Crippen MR) is 118 cm³/mol. The Morgan fingerprint density at radius 1 is 0.968 bits per heavy atom. The highest BCUT2D eigenvalue weighted by atomic mass is 19.1. The van der Waals surface area contributed by atoms with E-state index in [4.69, 9.17) is 9.15 Å². The molecule has 5 nitrogen and oxygen atoms in total. The van der Waals surface area contributed by atoms with Gasteiger partial charge in [-0.25, -0.2) is 9.37 Å². The molecule has 0 spiro atoms. The molecule has 4 aromatic carbocycles. The molecular weight excluding hydrogens is 395 g/mol. The summed E-state index contributed by atoms with van der Waals surface area (Å²) in [6.07, 6.45) is 0. The number of halogens is 1. The monoisotopic (exact) mass is 412 g/mol. The normalized spacial score (nSPS) is 11.0. The SMILES string of the molecule is COc1cc2ccccc2cc1C(=O)Nc1ccc2oc(-c3cccc(F)c3)nc2c1. The summed E-state index contributed by atoms with van der Waals surface area (Å²) in [5.74, 6) is 0.147. The van der Waals surface area contributed by atoms with Crippen molar-refractivity contribution in [1.29, 1.82) is 0 Å². The number of carbonyl (C=O) groups excluding carboxylic acids is 1. The maximum absolute atomic E-state index is 13.5. The zero-order valence-corrected chi connectivity index (χ0v) is 16.6. The van der Waals surface area contributed by atoms with Crippen molar-refractivity contribution in [3.63, 3.8) is 0 Å². The first kappa shape index (κ1) is 18.8. The molecule has 6 heteroatoms. The summed E-state index contributed by atoms with van der Waals surface area (Å²) >= 11 is 0.